The Kier molecular flexibility index (Phi) is 4.60. The molecule has 4 heteroatoms. The number of thiophene rings is 1. The molecule has 0 N–H and O–H groups in total. The number of benzene rings is 1. The van der Waals surface area contributed by atoms with Gasteiger partial charge in [-0.1, -0.05) is 35.9 Å². The summed E-state index contributed by atoms with van der Waals surface area (Å²) >= 11 is 1.64. The first-order valence-electron chi connectivity index (χ1n) is 7.63. The van der Waals surface area contributed by atoms with Crippen molar-refractivity contribution < 1.29 is 9.53 Å². The Morgan fingerprint density at radius 1 is 1.32 bits per heavy atom. The van der Waals surface area contributed by atoms with Gasteiger partial charge in [0.25, 0.3) is 0 Å². The average molecular weight is 315 g/mol. The number of hydrogen-bond donors (Lipinski definition) is 0. The smallest absolute Gasteiger partial charge is 0.228 e. The molecular weight excluding hydrogens is 294 g/mol. The van der Waals surface area contributed by atoms with Gasteiger partial charge in [0.1, 0.15) is 6.10 Å². The van der Waals surface area contributed by atoms with Crippen LogP contribution in [0.25, 0.3) is 0 Å². The Balaban J connectivity index is 1.70. The number of hydrogen-bond acceptors (Lipinski definition) is 3. The molecule has 0 spiro atoms. The normalized spacial score (nSPS) is 21.8. The summed E-state index contributed by atoms with van der Waals surface area (Å²) in [6.45, 7) is 5.35. The van der Waals surface area contributed by atoms with Gasteiger partial charge in [0.2, 0.25) is 5.91 Å². The van der Waals surface area contributed by atoms with Gasteiger partial charge in [-0.2, -0.15) is 0 Å². The highest BCUT2D eigenvalue weighted by Gasteiger charge is 2.30. The molecule has 1 aliphatic rings. The summed E-state index contributed by atoms with van der Waals surface area (Å²) in [5.41, 5.74) is 2.38. The van der Waals surface area contributed by atoms with E-state index in [1.807, 2.05) is 22.4 Å². The van der Waals surface area contributed by atoms with Crippen molar-refractivity contribution in [2.75, 3.05) is 13.2 Å². The van der Waals surface area contributed by atoms with Crippen LogP contribution in [0.3, 0.4) is 0 Å². The van der Waals surface area contributed by atoms with Crippen molar-refractivity contribution in [3.05, 3.63) is 57.8 Å². The Morgan fingerprint density at radius 2 is 2.09 bits per heavy atom. The minimum Gasteiger partial charge on any atom is -0.370 e. The van der Waals surface area contributed by atoms with E-state index >= 15 is 0 Å². The third-order valence-electron chi connectivity index (χ3n) is 4.11. The molecule has 2 unspecified atom stereocenters. The summed E-state index contributed by atoms with van der Waals surface area (Å²) in [6, 6.07) is 12.5. The number of carbonyl (C=O) groups excluding carboxylic acids is 1. The zero-order valence-corrected chi connectivity index (χ0v) is 13.8. The van der Waals surface area contributed by atoms with Gasteiger partial charge in [-0.15, -0.1) is 11.3 Å². The second-order valence-electron chi connectivity index (χ2n) is 5.88. The number of carbonyl (C=O) groups is 1. The van der Waals surface area contributed by atoms with Gasteiger partial charge in [-0.25, -0.2) is 0 Å². The maximum absolute atomic E-state index is 12.6. The average Bonchev–Trinajstić information content (AvgIpc) is 3.01. The van der Waals surface area contributed by atoms with Crippen molar-refractivity contribution in [1.82, 2.24) is 4.90 Å². The number of amides is 1. The lowest BCUT2D eigenvalue weighted by Crippen LogP contribution is -2.48. The monoisotopic (exact) mass is 315 g/mol. The van der Waals surface area contributed by atoms with Gasteiger partial charge in [0.05, 0.1) is 25.6 Å². The van der Waals surface area contributed by atoms with Crippen LogP contribution in [-0.4, -0.2) is 30.0 Å². The summed E-state index contributed by atoms with van der Waals surface area (Å²) in [4.78, 5) is 15.7. The highest BCUT2D eigenvalue weighted by molar-refractivity contribution is 7.10. The predicted molar refractivity (Wildman–Crippen MR) is 89.1 cm³/mol. The van der Waals surface area contributed by atoms with Crippen LogP contribution < -0.4 is 0 Å². The number of aryl methyl sites for hydroxylation is 1. The zero-order valence-electron chi connectivity index (χ0n) is 13.0. The molecular formula is C18H21NO2S. The fraction of sp³-hybridized carbons (Fsp3) is 0.389. The lowest BCUT2D eigenvalue weighted by Gasteiger charge is -2.38. The topological polar surface area (TPSA) is 29.5 Å². The maximum Gasteiger partial charge on any atom is 0.228 e. The number of morpholine rings is 1. The Labute approximate surface area is 135 Å². The second kappa shape index (κ2) is 6.63. The molecule has 1 aromatic carbocycles. The van der Waals surface area contributed by atoms with E-state index in [0.717, 1.165) is 10.4 Å². The highest BCUT2D eigenvalue weighted by Crippen LogP contribution is 2.26. The first-order valence-corrected chi connectivity index (χ1v) is 8.51. The molecule has 0 aliphatic carbocycles. The number of ether oxygens (including phenoxy) is 1. The van der Waals surface area contributed by atoms with Crippen molar-refractivity contribution in [3.8, 4) is 0 Å². The van der Waals surface area contributed by atoms with Crippen LogP contribution >= 0.6 is 11.3 Å². The molecule has 1 saturated heterocycles. The van der Waals surface area contributed by atoms with E-state index in [-0.39, 0.29) is 18.1 Å². The van der Waals surface area contributed by atoms with Crippen molar-refractivity contribution in [2.24, 2.45) is 0 Å². The van der Waals surface area contributed by atoms with Crippen LogP contribution in [0.4, 0.5) is 0 Å². The van der Waals surface area contributed by atoms with E-state index in [1.54, 1.807) is 11.3 Å². The van der Waals surface area contributed by atoms with Crippen LogP contribution in [0.5, 0.6) is 0 Å². The van der Waals surface area contributed by atoms with Gasteiger partial charge in [-0.05, 0) is 30.9 Å². The quantitative estimate of drug-likeness (QED) is 0.866. The predicted octanol–water partition coefficient (Wildman–Crippen LogP) is 3.59. The van der Waals surface area contributed by atoms with E-state index in [1.165, 1.54) is 5.56 Å². The molecule has 116 valence electrons. The van der Waals surface area contributed by atoms with Crippen LogP contribution in [0.15, 0.2) is 41.8 Å². The molecule has 1 aromatic heterocycles. The third-order valence-corrected chi connectivity index (χ3v) is 4.98. The fourth-order valence-corrected chi connectivity index (χ4v) is 3.45. The van der Waals surface area contributed by atoms with Gasteiger partial charge in [0.15, 0.2) is 0 Å². The second-order valence-corrected chi connectivity index (χ2v) is 6.92. The van der Waals surface area contributed by atoms with Gasteiger partial charge >= 0.3 is 0 Å². The van der Waals surface area contributed by atoms with Crippen LogP contribution in [0.1, 0.15) is 29.0 Å². The molecule has 2 heterocycles. The van der Waals surface area contributed by atoms with Crippen LogP contribution in [0.2, 0.25) is 0 Å². The highest BCUT2D eigenvalue weighted by atomic mass is 32.1. The largest absolute Gasteiger partial charge is 0.370 e. The maximum atomic E-state index is 12.6. The molecule has 1 fully saturated rings. The molecule has 3 rings (SSSR count). The summed E-state index contributed by atoms with van der Waals surface area (Å²) in [5.74, 6) is 0.190. The summed E-state index contributed by atoms with van der Waals surface area (Å²) < 4.78 is 5.94. The molecule has 2 aromatic rings. The summed E-state index contributed by atoms with van der Waals surface area (Å²) in [7, 11) is 0. The van der Waals surface area contributed by atoms with E-state index in [0.29, 0.717) is 19.6 Å². The molecule has 2 atom stereocenters. The minimum atomic E-state index is -0.0240. The Bertz CT molecular complexity index is 621. The van der Waals surface area contributed by atoms with Crippen LogP contribution in [0, 0.1) is 6.92 Å². The minimum absolute atomic E-state index is 0.0240. The summed E-state index contributed by atoms with van der Waals surface area (Å²) in [6.07, 6.45) is 0.465. The lowest BCUT2D eigenvalue weighted by molar-refractivity contribution is -0.143. The van der Waals surface area contributed by atoms with E-state index < -0.39 is 0 Å². The fourth-order valence-electron chi connectivity index (χ4n) is 2.75. The van der Waals surface area contributed by atoms with Crippen molar-refractivity contribution in [2.45, 2.75) is 32.4 Å². The molecule has 0 saturated carbocycles. The molecule has 3 nitrogen and oxygen atoms in total. The standard InChI is InChI=1S/C18H21NO2S/c1-13-5-7-15(8-6-13)17-11-19(14(2)12-21-17)18(20)10-16-4-3-9-22-16/h3-9,14,17H,10-12H2,1-2H3. The van der Waals surface area contributed by atoms with Crippen molar-refractivity contribution >= 4 is 17.2 Å². The van der Waals surface area contributed by atoms with E-state index in [2.05, 4.69) is 38.1 Å². The van der Waals surface area contributed by atoms with Crippen LogP contribution in [-0.2, 0) is 16.0 Å². The van der Waals surface area contributed by atoms with Crippen molar-refractivity contribution in [1.29, 1.82) is 0 Å². The SMILES string of the molecule is Cc1ccc(C2CN(C(=O)Cc3cccs3)C(C)CO2)cc1. The number of rotatable bonds is 3. The van der Waals surface area contributed by atoms with E-state index in [4.69, 9.17) is 4.74 Å². The van der Waals surface area contributed by atoms with Gasteiger partial charge in [-0.3, -0.25) is 4.79 Å². The Hall–Kier alpha value is -1.65. The molecule has 0 radical (unpaired) electrons. The number of nitrogens with zero attached hydrogens (tertiary/aromatic N) is 1. The van der Waals surface area contributed by atoms with Gasteiger partial charge in [0, 0.05) is 4.88 Å². The van der Waals surface area contributed by atoms with Gasteiger partial charge < -0.3 is 9.64 Å². The zero-order chi connectivity index (χ0) is 15.5. The molecule has 1 aliphatic heterocycles. The lowest BCUT2D eigenvalue weighted by atomic mass is 10.0. The van der Waals surface area contributed by atoms with Crippen molar-refractivity contribution in [3.63, 3.8) is 0 Å². The molecule has 1 amide bonds. The first-order chi connectivity index (χ1) is 10.6. The first kappa shape index (κ1) is 15.3. The summed E-state index contributed by atoms with van der Waals surface area (Å²) in [5, 5.41) is 2.01. The molecule has 0 bridgehead atoms. The third kappa shape index (κ3) is 3.39. The Morgan fingerprint density at radius 3 is 2.77 bits per heavy atom. The van der Waals surface area contributed by atoms with E-state index in [9.17, 15) is 4.79 Å². The molecule has 22 heavy (non-hydrogen) atoms.